The fraction of sp³-hybridized carbons (Fsp3) is 0.440. The second kappa shape index (κ2) is 15.5. The zero-order valence-electron chi connectivity index (χ0n) is 21.7. The van der Waals surface area contributed by atoms with Gasteiger partial charge in [0, 0.05) is 29.9 Å². The van der Waals surface area contributed by atoms with Gasteiger partial charge in [0.1, 0.15) is 18.1 Å². The number of aliphatic carboxylic acids is 3. The molecule has 0 aliphatic carbocycles. The van der Waals surface area contributed by atoms with Crippen LogP contribution in [-0.2, 0) is 35.2 Å². The standard InChI is InChI=1S/C25H33N5O9S/c1-40-9-8-17(23(36)30-19(25(38)39)11-21(33)34)28-24(37)18(29-22(35)15(26)6-7-20(31)32)10-13-12-27-16-5-3-2-4-14(13)16/h2-5,12,15,17-19,27H,6-11,26H2,1H3,(H,28,37)(H,29,35)(H,30,36)(H,31,32)(H,33,34)(H,38,39). The topological polar surface area (TPSA) is 241 Å². The predicted octanol–water partition coefficient (Wildman–Crippen LogP) is -0.331. The van der Waals surface area contributed by atoms with E-state index in [4.69, 9.17) is 15.9 Å². The van der Waals surface area contributed by atoms with E-state index in [9.17, 15) is 33.9 Å². The maximum Gasteiger partial charge on any atom is 0.326 e. The Balaban J connectivity index is 2.28. The molecule has 15 heteroatoms. The summed E-state index contributed by atoms with van der Waals surface area (Å²) in [4.78, 5) is 75.5. The van der Waals surface area contributed by atoms with E-state index in [1.165, 1.54) is 11.8 Å². The maximum absolute atomic E-state index is 13.4. The molecule has 2 aromatic rings. The molecule has 1 heterocycles. The average Bonchev–Trinajstić information content (AvgIpc) is 3.30. The fourth-order valence-electron chi connectivity index (χ4n) is 3.84. The minimum absolute atomic E-state index is 0.0130. The van der Waals surface area contributed by atoms with Crippen LogP contribution < -0.4 is 21.7 Å². The van der Waals surface area contributed by atoms with Gasteiger partial charge in [-0.3, -0.25) is 24.0 Å². The lowest BCUT2D eigenvalue weighted by Crippen LogP contribution is -2.57. The third kappa shape index (κ3) is 9.89. The van der Waals surface area contributed by atoms with E-state index in [2.05, 4.69) is 20.9 Å². The molecule has 218 valence electrons. The molecular weight excluding hydrogens is 546 g/mol. The minimum Gasteiger partial charge on any atom is -0.481 e. The first-order chi connectivity index (χ1) is 18.9. The van der Waals surface area contributed by atoms with Gasteiger partial charge in [0.25, 0.3) is 0 Å². The van der Waals surface area contributed by atoms with Crippen LogP contribution in [0.25, 0.3) is 10.9 Å². The van der Waals surface area contributed by atoms with Gasteiger partial charge in [-0.25, -0.2) is 4.79 Å². The van der Waals surface area contributed by atoms with Crippen molar-refractivity contribution in [2.75, 3.05) is 12.0 Å². The van der Waals surface area contributed by atoms with Crippen LogP contribution in [0.15, 0.2) is 30.5 Å². The van der Waals surface area contributed by atoms with Gasteiger partial charge in [0.15, 0.2) is 0 Å². The number of amides is 3. The number of aromatic nitrogens is 1. The van der Waals surface area contributed by atoms with Crippen molar-refractivity contribution >= 4 is 58.3 Å². The summed E-state index contributed by atoms with van der Waals surface area (Å²) in [7, 11) is 0. The first-order valence-electron chi connectivity index (χ1n) is 12.3. The summed E-state index contributed by atoms with van der Waals surface area (Å²) in [6.45, 7) is 0. The lowest BCUT2D eigenvalue weighted by Gasteiger charge is -2.25. The summed E-state index contributed by atoms with van der Waals surface area (Å²) in [5, 5.41) is 35.2. The molecule has 3 amide bonds. The third-order valence-electron chi connectivity index (χ3n) is 5.97. The first kappa shape index (κ1) is 32.1. The molecule has 0 radical (unpaired) electrons. The number of H-pyrrole nitrogens is 1. The van der Waals surface area contributed by atoms with Gasteiger partial charge in [-0.1, -0.05) is 18.2 Å². The minimum atomic E-state index is -1.72. The highest BCUT2D eigenvalue weighted by molar-refractivity contribution is 7.98. The quantitative estimate of drug-likeness (QED) is 0.121. The predicted molar refractivity (Wildman–Crippen MR) is 146 cm³/mol. The van der Waals surface area contributed by atoms with Crippen molar-refractivity contribution in [3.8, 4) is 0 Å². The summed E-state index contributed by atoms with van der Waals surface area (Å²) in [6, 6.07) is 1.87. The maximum atomic E-state index is 13.4. The van der Waals surface area contributed by atoms with Crippen molar-refractivity contribution in [1.29, 1.82) is 0 Å². The molecule has 1 aromatic heterocycles. The second-order valence-electron chi connectivity index (χ2n) is 9.00. The van der Waals surface area contributed by atoms with Crippen LogP contribution >= 0.6 is 11.8 Å². The van der Waals surface area contributed by atoms with Crippen molar-refractivity contribution in [3.05, 3.63) is 36.0 Å². The molecular formula is C25H33N5O9S. The fourth-order valence-corrected chi connectivity index (χ4v) is 4.31. The smallest absolute Gasteiger partial charge is 0.326 e. The molecule has 0 fully saturated rings. The van der Waals surface area contributed by atoms with Crippen molar-refractivity contribution in [1.82, 2.24) is 20.9 Å². The van der Waals surface area contributed by atoms with Crippen LogP contribution in [-0.4, -0.2) is 92.1 Å². The van der Waals surface area contributed by atoms with Crippen molar-refractivity contribution in [3.63, 3.8) is 0 Å². The van der Waals surface area contributed by atoms with E-state index in [1.54, 1.807) is 18.5 Å². The van der Waals surface area contributed by atoms with Crippen molar-refractivity contribution in [2.24, 2.45) is 5.73 Å². The number of carbonyl (C=O) groups is 6. The number of carboxylic acid groups (broad SMARTS) is 3. The highest BCUT2D eigenvalue weighted by atomic mass is 32.2. The van der Waals surface area contributed by atoms with Gasteiger partial charge in [-0.05, 0) is 36.5 Å². The summed E-state index contributed by atoms with van der Waals surface area (Å²) < 4.78 is 0. The van der Waals surface area contributed by atoms with Gasteiger partial charge in [0.05, 0.1) is 12.5 Å². The molecule has 1 aromatic carbocycles. The zero-order chi connectivity index (χ0) is 29.8. The van der Waals surface area contributed by atoms with Crippen molar-refractivity contribution in [2.45, 2.75) is 56.3 Å². The Morgan fingerprint density at radius 1 is 0.875 bits per heavy atom. The molecule has 0 saturated carbocycles. The number of carboxylic acids is 3. The molecule has 14 nitrogen and oxygen atoms in total. The Kier molecular flexibility index (Phi) is 12.4. The van der Waals surface area contributed by atoms with Crippen LogP contribution in [0.5, 0.6) is 0 Å². The summed E-state index contributed by atoms with van der Waals surface area (Å²) in [5.41, 5.74) is 7.29. The number of para-hydroxylation sites is 1. The molecule has 0 bridgehead atoms. The van der Waals surface area contributed by atoms with Crippen LogP contribution in [0, 0.1) is 0 Å². The SMILES string of the molecule is CSCCC(NC(=O)C(Cc1c[nH]c2ccccc12)NC(=O)C(N)CCC(=O)O)C(=O)NC(CC(=O)O)C(=O)O. The number of carbonyl (C=O) groups excluding carboxylic acids is 3. The molecule has 0 spiro atoms. The van der Waals surface area contributed by atoms with E-state index in [0.29, 0.717) is 11.3 Å². The number of hydrogen-bond donors (Lipinski definition) is 8. The van der Waals surface area contributed by atoms with Crippen LogP contribution in [0.1, 0.15) is 31.2 Å². The molecule has 9 N–H and O–H groups in total. The van der Waals surface area contributed by atoms with Crippen LogP contribution in [0.2, 0.25) is 0 Å². The van der Waals surface area contributed by atoms with Gasteiger partial charge in [-0.2, -0.15) is 11.8 Å². The molecule has 0 aliphatic rings. The first-order valence-corrected chi connectivity index (χ1v) is 13.7. The largest absolute Gasteiger partial charge is 0.481 e. The summed E-state index contributed by atoms with van der Waals surface area (Å²) in [6.07, 6.45) is 2.12. The molecule has 0 saturated heterocycles. The zero-order valence-corrected chi connectivity index (χ0v) is 22.5. The Morgan fingerprint density at radius 3 is 2.12 bits per heavy atom. The summed E-state index contributed by atoms with van der Waals surface area (Å²) in [5.74, 6) is -6.15. The Bertz CT molecular complexity index is 1230. The number of benzene rings is 1. The lowest BCUT2D eigenvalue weighted by atomic mass is 10.0. The third-order valence-corrected chi connectivity index (χ3v) is 6.62. The number of aromatic amines is 1. The number of nitrogens with two attached hydrogens (primary N) is 1. The van der Waals surface area contributed by atoms with Gasteiger partial charge >= 0.3 is 17.9 Å². The summed E-state index contributed by atoms with van der Waals surface area (Å²) >= 11 is 1.37. The average molecular weight is 580 g/mol. The van der Waals surface area contributed by atoms with E-state index in [1.807, 2.05) is 18.2 Å². The van der Waals surface area contributed by atoms with E-state index < -0.39 is 66.2 Å². The van der Waals surface area contributed by atoms with Gasteiger partial charge in [-0.15, -0.1) is 0 Å². The molecule has 40 heavy (non-hydrogen) atoms. The number of nitrogens with one attached hydrogen (secondary N) is 4. The Hall–Kier alpha value is -4.11. The molecule has 0 aliphatic heterocycles. The molecule has 2 rings (SSSR count). The normalized spacial score (nSPS) is 13.9. The van der Waals surface area contributed by atoms with Crippen LogP contribution in [0.3, 0.4) is 0 Å². The highest BCUT2D eigenvalue weighted by Crippen LogP contribution is 2.19. The number of hydrogen-bond acceptors (Lipinski definition) is 8. The van der Waals surface area contributed by atoms with Crippen LogP contribution in [0.4, 0.5) is 0 Å². The molecule has 4 unspecified atom stereocenters. The monoisotopic (exact) mass is 579 g/mol. The Labute approximate surface area is 233 Å². The lowest BCUT2D eigenvalue weighted by molar-refractivity contribution is -0.147. The number of thioether (sulfide) groups is 1. The molecule has 4 atom stereocenters. The van der Waals surface area contributed by atoms with Gasteiger partial charge < -0.3 is 42.0 Å². The highest BCUT2D eigenvalue weighted by Gasteiger charge is 2.31. The van der Waals surface area contributed by atoms with E-state index in [0.717, 1.165) is 10.9 Å². The number of fused-ring (bicyclic) bond motifs is 1. The Morgan fingerprint density at radius 2 is 1.50 bits per heavy atom. The second-order valence-corrected chi connectivity index (χ2v) is 9.99. The van der Waals surface area contributed by atoms with E-state index >= 15 is 0 Å². The number of rotatable bonds is 17. The van der Waals surface area contributed by atoms with Crippen molar-refractivity contribution < 1.29 is 44.1 Å². The van der Waals surface area contributed by atoms with Gasteiger partial charge in [0.2, 0.25) is 17.7 Å². The van der Waals surface area contributed by atoms with E-state index in [-0.39, 0.29) is 25.7 Å².